The Morgan fingerprint density at radius 2 is 1.86 bits per heavy atom. The minimum Gasteiger partial charge on any atom is -0.448 e. The number of amides is 1. The van der Waals surface area contributed by atoms with Gasteiger partial charge in [0.15, 0.2) is 6.10 Å². The largest absolute Gasteiger partial charge is 0.448 e. The van der Waals surface area contributed by atoms with E-state index in [1.807, 2.05) is 36.4 Å². The van der Waals surface area contributed by atoms with Crippen LogP contribution in [0.1, 0.15) is 15.9 Å². The second kappa shape index (κ2) is 5.85. The lowest BCUT2D eigenvalue weighted by molar-refractivity contribution is -0.125. The number of esters is 1. The van der Waals surface area contributed by atoms with Gasteiger partial charge in [-0.25, -0.2) is 4.79 Å². The first-order valence-electron chi connectivity index (χ1n) is 6.49. The third-order valence-corrected chi connectivity index (χ3v) is 4.26. The molecule has 21 heavy (non-hydrogen) atoms. The van der Waals surface area contributed by atoms with E-state index in [-0.39, 0.29) is 5.91 Å². The molecule has 0 spiro atoms. The number of halogens is 1. The van der Waals surface area contributed by atoms with Crippen molar-refractivity contribution in [1.82, 2.24) is 0 Å². The van der Waals surface area contributed by atoms with Gasteiger partial charge in [0.2, 0.25) is 0 Å². The molecule has 0 fully saturated rings. The number of hydrogen-bond donors (Lipinski definition) is 1. The maximum absolute atomic E-state index is 12.3. The molecule has 1 aliphatic heterocycles. The summed E-state index contributed by atoms with van der Waals surface area (Å²) < 4.78 is 6.17. The lowest BCUT2D eigenvalue weighted by Crippen LogP contribution is -2.38. The highest BCUT2D eigenvalue weighted by molar-refractivity contribution is 14.1. The maximum atomic E-state index is 12.3. The molecule has 5 heteroatoms. The van der Waals surface area contributed by atoms with Crippen molar-refractivity contribution in [2.24, 2.45) is 0 Å². The number of anilines is 1. The van der Waals surface area contributed by atoms with Crippen molar-refractivity contribution >= 4 is 40.2 Å². The Labute approximate surface area is 135 Å². The number of hydrogen-bond acceptors (Lipinski definition) is 3. The van der Waals surface area contributed by atoms with Crippen LogP contribution in [0.4, 0.5) is 5.69 Å². The van der Waals surface area contributed by atoms with Gasteiger partial charge >= 0.3 is 5.97 Å². The lowest BCUT2D eigenvalue weighted by atomic mass is 9.98. The number of ether oxygens (including phenoxy) is 1. The van der Waals surface area contributed by atoms with Crippen LogP contribution in [0.15, 0.2) is 48.5 Å². The Hall–Kier alpha value is -1.89. The van der Waals surface area contributed by atoms with Crippen molar-refractivity contribution in [2.45, 2.75) is 12.5 Å². The second-order valence-corrected chi connectivity index (χ2v) is 5.89. The summed E-state index contributed by atoms with van der Waals surface area (Å²) in [6, 6.07) is 14.7. The number of para-hydroxylation sites is 1. The topological polar surface area (TPSA) is 55.4 Å². The molecule has 0 unspecified atom stereocenters. The number of carbonyl (C=O) groups is 2. The van der Waals surface area contributed by atoms with Crippen LogP contribution in [0, 0.1) is 3.57 Å². The number of benzene rings is 2. The van der Waals surface area contributed by atoms with E-state index in [1.54, 1.807) is 12.1 Å². The fraction of sp³-hybridized carbons (Fsp3) is 0.125. The summed E-state index contributed by atoms with van der Waals surface area (Å²) in [5.74, 6) is -0.748. The molecule has 1 amide bonds. The average molecular weight is 393 g/mol. The quantitative estimate of drug-likeness (QED) is 0.631. The molecule has 4 nitrogen and oxygen atoms in total. The third kappa shape index (κ3) is 2.92. The zero-order chi connectivity index (χ0) is 14.8. The van der Waals surface area contributed by atoms with Crippen LogP contribution in [0.2, 0.25) is 0 Å². The molecule has 3 rings (SSSR count). The summed E-state index contributed by atoms with van der Waals surface area (Å²) in [5, 5.41) is 2.81. The SMILES string of the molecule is O=C1O[C@@H](C(=O)Nc2ccccc2I)Cc2ccccc21. The Morgan fingerprint density at radius 1 is 1.14 bits per heavy atom. The van der Waals surface area contributed by atoms with Crippen molar-refractivity contribution in [2.75, 3.05) is 5.32 Å². The minimum absolute atomic E-state index is 0.304. The number of cyclic esters (lactones) is 1. The fourth-order valence-corrected chi connectivity index (χ4v) is 2.78. The van der Waals surface area contributed by atoms with Crippen LogP contribution in [-0.4, -0.2) is 18.0 Å². The maximum Gasteiger partial charge on any atom is 0.339 e. The van der Waals surface area contributed by atoms with E-state index in [0.717, 1.165) is 14.8 Å². The summed E-state index contributed by atoms with van der Waals surface area (Å²) in [6.45, 7) is 0. The number of nitrogens with one attached hydrogen (secondary N) is 1. The average Bonchev–Trinajstić information content (AvgIpc) is 2.49. The van der Waals surface area contributed by atoms with Crippen LogP contribution in [0.25, 0.3) is 0 Å². The first-order chi connectivity index (χ1) is 10.1. The van der Waals surface area contributed by atoms with E-state index >= 15 is 0 Å². The zero-order valence-electron chi connectivity index (χ0n) is 11.0. The smallest absolute Gasteiger partial charge is 0.339 e. The van der Waals surface area contributed by atoms with Gasteiger partial charge in [0.1, 0.15) is 0 Å². The standard InChI is InChI=1S/C16H12INO3/c17-12-7-3-4-8-13(12)18-15(19)14-9-10-5-1-2-6-11(10)16(20)21-14/h1-8,14H,9H2,(H,18,19)/t14-/m1/s1. The molecule has 1 N–H and O–H groups in total. The normalized spacial score (nSPS) is 16.8. The molecule has 0 aliphatic carbocycles. The van der Waals surface area contributed by atoms with Crippen LogP contribution in [0.3, 0.4) is 0 Å². The molecular weight excluding hydrogens is 381 g/mol. The van der Waals surface area contributed by atoms with Gasteiger partial charge in [0, 0.05) is 9.99 Å². The monoisotopic (exact) mass is 393 g/mol. The van der Waals surface area contributed by atoms with Gasteiger partial charge < -0.3 is 10.1 Å². The molecule has 0 aromatic heterocycles. The second-order valence-electron chi connectivity index (χ2n) is 4.72. The Bertz CT molecular complexity index is 714. The van der Waals surface area contributed by atoms with E-state index < -0.39 is 12.1 Å². The van der Waals surface area contributed by atoms with Crippen LogP contribution >= 0.6 is 22.6 Å². The van der Waals surface area contributed by atoms with Crippen molar-refractivity contribution in [3.8, 4) is 0 Å². The molecular formula is C16H12INO3. The highest BCUT2D eigenvalue weighted by Crippen LogP contribution is 2.22. The summed E-state index contributed by atoms with van der Waals surface area (Å²) in [4.78, 5) is 24.2. The molecule has 0 saturated heterocycles. The van der Waals surface area contributed by atoms with E-state index in [9.17, 15) is 9.59 Å². The van der Waals surface area contributed by atoms with Crippen molar-refractivity contribution in [1.29, 1.82) is 0 Å². The van der Waals surface area contributed by atoms with Crippen molar-refractivity contribution in [3.05, 3.63) is 63.2 Å². The molecule has 1 heterocycles. The van der Waals surface area contributed by atoms with Gasteiger partial charge in [0.05, 0.1) is 11.3 Å². The summed E-state index contributed by atoms with van der Waals surface area (Å²) >= 11 is 2.15. The van der Waals surface area contributed by atoms with E-state index in [4.69, 9.17) is 4.74 Å². The lowest BCUT2D eigenvalue weighted by Gasteiger charge is -2.23. The Kier molecular flexibility index (Phi) is 3.92. The van der Waals surface area contributed by atoms with E-state index in [2.05, 4.69) is 27.9 Å². The summed E-state index contributed by atoms with van der Waals surface area (Å²) in [5.41, 5.74) is 2.10. The molecule has 2 aromatic rings. The highest BCUT2D eigenvalue weighted by Gasteiger charge is 2.31. The number of carbonyl (C=O) groups excluding carboxylic acids is 2. The Balaban J connectivity index is 1.78. The van der Waals surface area contributed by atoms with Crippen molar-refractivity contribution < 1.29 is 14.3 Å². The zero-order valence-corrected chi connectivity index (χ0v) is 13.2. The first kappa shape index (κ1) is 14.1. The van der Waals surface area contributed by atoms with Gasteiger partial charge in [0.25, 0.3) is 5.91 Å². The predicted octanol–water partition coefficient (Wildman–Crippen LogP) is 3.01. The Morgan fingerprint density at radius 3 is 2.67 bits per heavy atom. The van der Waals surface area contributed by atoms with Gasteiger partial charge in [-0.1, -0.05) is 30.3 Å². The fourth-order valence-electron chi connectivity index (χ4n) is 2.25. The van der Waals surface area contributed by atoms with Crippen LogP contribution in [-0.2, 0) is 16.0 Å². The first-order valence-corrected chi connectivity index (χ1v) is 7.57. The van der Waals surface area contributed by atoms with Gasteiger partial charge in [-0.2, -0.15) is 0 Å². The molecule has 0 saturated carbocycles. The van der Waals surface area contributed by atoms with Crippen molar-refractivity contribution in [3.63, 3.8) is 0 Å². The number of rotatable bonds is 2. The molecule has 1 aliphatic rings. The summed E-state index contributed by atoms with van der Waals surface area (Å²) in [6.07, 6.45) is -0.389. The van der Waals surface area contributed by atoms with E-state index in [1.165, 1.54) is 0 Å². The third-order valence-electron chi connectivity index (χ3n) is 3.32. The summed E-state index contributed by atoms with van der Waals surface area (Å²) in [7, 11) is 0. The molecule has 0 bridgehead atoms. The van der Waals surface area contributed by atoms with Crippen LogP contribution in [0.5, 0.6) is 0 Å². The van der Waals surface area contributed by atoms with Gasteiger partial charge in [-0.3, -0.25) is 4.79 Å². The molecule has 2 aromatic carbocycles. The van der Waals surface area contributed by atoms with Gasteiger partial charge in [-0.15, -0.1) is 0 Å². The van der Waals surface area contributed by atoms with Crippen LogP contribution < -0.4 is 5.32 Å². The van der Waals surface area contributed by atoms with E-state index in [0.29, 0.717) is 12.0 Å². The predicted molar refractivity (Wildman–Crippen MR) is 87.1 cm³/mol. The molecule has 106 valence electrons. The highest BCUT2D eigenvalue weighted by atomic mass is 127. The molecule has 1 atom stereocenters. The molecule has 0 radical (unpaired) electrons. The number of fused-ring (bicyclic) bond motifs is 1. The minimum atomic E-state index is -0.789. The van der Waals surface area contributed by atoms with Gasteiger partial charge in [-0.05, 0) is 46.4 Å².